The monoisotopic (exact) mass is 440 g/mol. The second-order valence-corrected chi connectivity index (χ2v) is 9.76. The van der Waals surface area contributed by atoms with Crippen LogP contribution in [0.1, 0.15) is 56.6 Å². The number of carboxylic acid groups (broad SMARTS) is 1. The number of fused-ring (bicyclic) bond motifs is 1. The number of carboxylic acids is 1. The molecule has 1 saturated carbocycles. The number of thioether (sulfide) groups is 1. The third-order valence-electron chi connectivity index (χ3n) is 6.04. The molecule has 164 valence electrons. The van der Waals surface area contributed by atoms with Gasteiger partial charge in [0, 0.05) is 5.56 Å². The van der Waals surface area contributed by atoms with Crippen LogP contribution in [-0.2, 0) is 4.79 Å². The maximum absolute atomic E-state index is 10.7. The van der Waals surface area contributed by atoms with Crippen molar-refractivity contribution in [1.29, 1.82) is 0 Å². The molecular formula is C23H28N4O3S. The lowest BCUT2D eigenvalue weighted by Crippen LogP contribution is -2.41. The van der Waals surface area contributed by atoms with Crippen molar-refractivity contribution in [3.05, 3.63) is 41.7 Å². The van der Waals surface area contributed by atoms with Crippen molar-refractivity contribution in [2.75, 3.05) is 17.2 Å². The average Bonchev–Trinajstić information content (AvgIpc) is 2.73. The fourth-order valence-corrected chi connectivity index (χ4v) is 5.35. The van der Waals surface area contributed by atoms with Crippen molar-refractivity contribution < 1.29 is 14.6 Å². The molecule has 1 aliphatic heterocycles. The summed E-state index contributed by atoms with van der Waals surface area (Å²) in [7, 11) is 0. The lowest BCUT2D eigenvalue weighted by Gasteiger charge is -2.32. The highest BCUT2D eigenvalue weighted by molar-refractivity contribution is 7.99. The molecular weight excluding hydrogens is 412 g/mol. The molecule has 1 fully saturated rings. The smallest absolute Gasteiger partial charge is 0.313 e. The molecule has 0 amide bonds. The average molecular weight is 441 g/mol. The van der Waals surface area contributed by atoms with Crippen LogP contribution in [0.5, 0.6) is 5.88 Å². The molecule has 1 aromatic carbocycles. The van der Waals surface area contributed by atoms with Crippen molar-refractivity contribution in [2.45, 2.75) is 51.0 Å². The van der Waals surface area contributed by atoms with Crippen molar-refractivity contribution in [1.82, 2.24) is 9.97 Å². The van der Waals surface area contributed by atoms with E-state index in [0.29, 0.717) is 29.2 Å². The summed E-state index contributed by atoms with van der Waals surface area (Å²) in [6.07, 6.45) is 5.99. The number of benzene rings is 1. The van der Waals surface area contributed by atoms with Crippen molar-refractivity contribution >= 4 is 34.9 Å². The molecule has 1 aromatic heterocycles. The van der Waals surface area contributed by atoms with E-state index in [1.807, 2.05) is 13.8 Å². The van der Waals surface area contributed by atoms with Gasteiger partial charge >= 0.3 is 5.97 Å². The van der Waals surface area contributed by atoms with Gasteiger partial charge in [-0.2, -0.15) is 4.98 Å². The van der Waals surface area contributed by atoms with Crippen LogP contribution in [0, 0.1) is 5.92 Å². The van der Waals surface area contributed by atoms with E-state index in [1.165, 1.54) is 23.7 Å². The third kappa shape index (κ3) is 4.84. The molecule has 0 atom stereocenters. The number of anilines is 1. The van der Waals surface area contributed by atoms with Crippen LogP contribution in [-0.4, -0.2) is 43.9 Å². The standard InChI is InChI=1S/C23H28N4O3S/c1-23(2)20(27-19-21(24)25-13-26-22(19)30-23)17-9-7-16(8-10-17)15-5-3-14(4-6-15)11-31-12-18(28)29/h7-10,13-15H,3-6,11-12H2,1-2H3,(H,28,29)(H2,24,25,26). The minimum atomic E-state index is -0.728. The summed E-state index contributed by atoms with van der Waals surface area (Å²) in [5.74, 6) is 2.33. The quantitative estimate of drug-likeness (QED) is 0.683. The third-order valence-corrected chi connectivity index (χ3v) is 7.20. The Kier molecular flexibility index (Phi) is 6.18. The summed E-state index contributed by atoms with van der Waals surface area (Å²) in [6.45, 7) is 3.95. The van der Waals surface area contributed by atoms with E-state index in [4.69, 9.17) is 20.6 Å². The van der Waals surface area contributed by atoms with Gasteiger partial charge in [-0.1, -0.05) is 24.3 Å². The first-order valence-electron chi connectivity index (χ1n) is 10.6. The van der Waals surface area contributed by atoms with Crippen LogP contribution < -0.4 is 10.5 Å². The second-order valence-electron chi connectivity index (χ2n) is 8.73. The van der Waals surface area contributed by atoms with Crippen LogP contribution >= 0.6 is 11.8 Å². The van der Waals surface area contributed by atoms with Crippen molar-refractivity contribution in [3.63, 3.8) is 0 Å². The summed E-state index contributed by atoms with van der Waals surface area (Å²) in [5.41, 5.74) is 9.00. The van der Waals surface area contributed by atoms with Crippen LogP contribution in [0.3, 0.4) is 0 Å². The number of aromatic nitrogens is 2. The molecule has 2 heterocycles. The highest BCUT2D eigenvalue weighted by atomic mass is 32.2. The Bertz CT molecular complexity index is 983. The van der Waals surface area contributed by atoms with E-state index in [-0.39, 0.29) is 5.75 Å². The highest BCUT2D eigenvalue weighted by Crippen LogP contribution is 2.40. The molecule has 2 aliphatic rings. The molecule has 8 heteroatoms. The predicted octanol–water partition coefficient (Wildman–Crippen LogP) is 4.44. The Labute approximate surface area is 186 Å². The Hall–Kier alpha value is -2.61. The number of nitrogens with zero attached hydrogens (tertiary/aromatic N) is 3. The van der Waals surface area contributed by atoms with Gasteiger partial charge in [-0.25, -0.2) is 9.98 Å². The number of aliphatic carboxylic acids is 1. The number of ether oxygens (including phenoxy) is 1. The van der Waals surface area contributed by atoms with Crippen molar-refractivity contribution in [2.24, 2.45) is 10.9 Å². The fraction of sp³-hybridized carbons (Fsp3) is 0.478. The minimum absolute atomic E-state index is 0.202. The van der Waals surface area contributed by atoms with E-state index in [9.17, 15) is 4.79 Å². The zero-order valence-corrected chi connectivity index (χ0v) is 18.7. The lowest BCUT2D eigenvalue weighted by molar-refractivity contribution is -0.133. The van der Waals surface area contributed by atoms with E-state index < -0.39 is 11.6 Å². The summed E-state index contributed by atoms with van der Waals surface area (Å²) >= 11 is 1.54. The number of carbonyl (C=O) groups is 1. The molecule has 0 saturated heterocycles. The molecule has 0 radical (unpaired) electrons. The number of hydrogen-bond donors (Lipinski definition) is 2. The van der Waals surface area contributed by atoms with Gasteiger partial charge in [0.05, 0.1) is 11.5 Å². The molecule has 3 N–H and O–H groups in total. The zero-order chi connectivity index (χ0) is 22.0. The summed E-state index contributed by atoms with van der Waals surface area (Å²) in [6, 6.07) is 8.61. The van der Waals surface area contributed by atoms with E-state index in [0.717, 1.165) is 42.7 Å². The Morgan fingerprint density at radius 1 is 1.19 bits per heavy atom. The first kappa shape index (κ1) is 21.6. The molecule has 1 aliphatic carbocycles. The Balaban J connectivity index is 1.44. The summed E-state index contributed by atoms with van der Waals surface area (Å²) in [4.78, 5) is 23.6. The second kappa shape index (κ2) is 8.86. The van der Waals surface area contributed by atoms with E-state index in [2.05, 4.69) is 34.2 Å². The Morgan fingerprint density at radius 3 is 2.58 bits per heavy atom. The molecule has 0 unspecified atom stereocenters. The van der Waals surface area contributed by atoms with Gasteiger partial charge in [0.2, 0.25) is 5.88 Å². The minimum Gasteiger partial charge on any atom is -0.481 e. The van der Waals surface area contributed by atoms with Crippen LogP contribution in [0.25, 0.3) is 0 Å². The van der Waals surface area contributed by atoms with Gasteiger partial charge in [0.25, 0.3) is 0 Å². The molecule has 4 rings (SSSR count). The first-order chi connectivity index (χ1) is 14.8. The number of rotatable bonds is 6. The fourth-order valence-electron chi connectivity index (χ4n) is 4.39. The number of nitrogen functional groups attached to an aromatic ring is 1. The number of hydrogen-bond acceptors (Lipinski definition) is 7. The van der Waals surface area contributed by atoms with Crippen LogP contribution in [0.15, 0.2) is 35.6 Å². The van der Waals surface area contributed by atoms with E-state index >= 15 is 0 Å². The SMILES string of the molecule is CC1(C)Oc2ncnc(N)c2N=C1c1ccc(C2CCC(CSCC(=O)O)CC2)cc1. The highest BCUT2D eigenvalue weighted by Gasteiger charge is 2.35. The van der Waals surface area contributed by atoms with Crippen LogP contribution in [0.4, 0.5) is 11.5 Å². The van der Waals surface area contributed by atoms with E-state index in [1.54, 1.807) is 0 Å². The normalized spacial score (nSPS) is 22.2. The maximum Gasteiger partial charge on any atom is 0.313 e. The van der Waals surface area contributed by atoms with Gasteiger partial charge in [0.15, 0.2) is 11.5 Å². The van der Waals surface area contributed by atoms with Crippen molar-refractivity contribution in [3.8, 4) is 5.88 Å². The molecule has 0 spiro atoms. The summed E-state index contributed by atoms with van der Waals surface area (Å²) < 4.78 is 6.07. The van der Waals surface area contributed by atoms with Gasteiger partial charge in [0.1, 0.15) is 11.9 Å². The predicted molar refractivity (Wildman–Crippen MR) is 123 cm³/mol. The molecule has 0 bridgehead atoms. The number of aliphatic imine (C=N–C) groups is 1. The van der Waals surface area contributed by atoms with Gasteiger partial charge in [-0.05, 0) is 62.7 Å². The first-order valence-corrected chi connectivity index (χ1v) is 11.8. The Morgan fingerprint density at radius 2 is 1.90 bits per heavy atom. The van der Waals surface area contributed by atoms with Gasteiger partial charge in [-0.3, -0.25) is 4.79 Å². The molecule has 2 aromatic rings. The lowest BCUT2D eigenvalue weighted by atomic mass is 9.79. The topological polar surface area (TPSA) is 111 Å². The molecule has 7 nitrogen and oxygen atoms in total. The summed E-state index contributed by atoms with van der Waals surface area (Å²) in [5, 5.41) is 8.80. The van der Waals surface area contributed by atoms with Crippen LogP contribution in [0.2, 0.25) is 0 Å². The van der Waals surface area contributed by atoms with Gasteiger partial charge in [-0.15, -0.1) is 11.8 Å². The molecule has 31 heavy (non-hydrogen) atoms. The largest absolute Gasteiger partial charge is 0.481 e. The maximum atomic E-state index is 10.7. The van der Waals surface area contributed by atoms with Gasteiger partial charge < -0.3 is 15.6 Å². The zero-order valence-electron chi connectivity index (χ0n) is 17.9. The number of nitrogens with two attached hydrogens (primary N) is 1.